The Morgan fingerprint density at radius 1 is 1.33 bits per heavy atom. The molecule has 64 valence electrons. The summed E-state index contributed by atoms with van der Waals surface area (Å²) in [7, 11) is 0. The minimum Gasteiger partial charge on any atom is 1.00 e. The van der Waals surface area contributed by atoms with Gasteiger partial charge in [0.2, 0.25) is 0 Å². The van der Waals surface area contributed by atoms with Gasteiger partial charge in [-0.05, 0) is 0 Å². The van der Waals surface area contributed by atoms with Gasteiger partial charge in [-0.1, -0.05) is 0 Å². The molecule has 1 saturated carbocycles. The number of hydrogen-bond donors (Lipinski definition) is 0. The second kappa shape index (κ2) is 7.48. The Kier molecular flexibility index (Phi) is 8.15. The molecule has 0 aliphatic heterocycles. The quantitative estimate of drug-likeness (QED) is 0.473. The molecule has 3 heteroatoms. The first kappa shape index (κ1) is 13.1. The van der Waals surface area contributed by atoms with Crippen molar-refractivity contribution in [1.29, 1.82) is 0 Å². The van der Waals surface area contributed by atoms with Gasteiger partial charge in [-0.25, -0.2) is 0 Å². The van der Waals surface area contributed by atoms with E-state index in [0.29, 0.717) is 15.0 Å². The maximum Gasteiger partial charge on any atom is 1.00 e. The molecule has 0 atom stereocenters. The predicted molar refractivity (Wildman–Crippen MR) is 53.6 cm³/mol. The fraction of sp³-hybridized carbons (Fsp3) is 0.778. The van der Waals surface area contributed by atoms with Crippen LogP contribution in [0.4, 0.5) is 0 Å². The molecule has 0 heterocycles. The largest absolute Gasteiger partial charge is 1.00 e. The smallest absolute Gasteiger partial charge is 1.00 e. The third-order valence-corrected chi connectivity index (χ3v) is 4.35. The van der Waals surface area contributed by atoms with E-state index in [2.05, 4.69) is 11.9 Å². The first-order valence-corrected chi connectivity index (χ1v) is 7.23. The first-order valence-electron chi connectivity index (χ1n) is 4.26. The van der Waals surface area contributed by atoms with E-state index < -0.39 is 0 Å². The maximum absolute atomic E-state index is 5.21. The van der Waals surface area contributed by atoms with E-state index in [-0.39, 0.29) is 18.9 Å². The van der Waals surface area contributed by atoms with Crippen LogP contribution in [0.1, 0.15) is 32.1 Å². The molecule has 0 unspecified atom stereocenters. The van der Waals surface area contributed by atoms with Crippen LogP contribution < -0.4 is 18.9 Å². The molecular formula is C9H15LiSSe. The summed E-state index contributed by atoms with van der Waals surface area (Å²) in [6.45, 7) is 0. The summed E-state index contributed by atoms with van der Waals surface area (Å²) in [5, 5.41) is 0. The van der Waals surface area contributed by atoms with E-state index in [1.165, 1.54) is 35.9 Å². The van der Waals surface area contributed by atoms with Crippen LogP contribution in [0, 0.1) is 5.92 Å². The Labute approximate surface area is 99.7 Å². The molecule has 0 N–H and O–H groups in total. The van der Waals surface area contributed by atoms with Gasteiger partial charge < -0.3 is 0 Å². The van der Waals surface area contributed by atoms with Crippen LogP contribution in [0.25, 0.3) is 0 Å². The van der Waals surface area contributed by atoms with Gasteiger partial charge in [0.15, 0.2) is 0 Å². The van der Waals surface area contributed by atoms with Crippen molar-refractivity contribution in [3.63, 3.8) is 0 Å². The van der Waals surface area contributed by atoms with E-state index in [1.807, 2.05) is 0 Å². The van der Waals surface area contributed by atoms with Crippen LogP contribution in [0.5, 0.6) is 0 Å². The third-order valence-electron chi connectivity index (χ3n) is 2.22. The summed E-state index contributed by atoms with van der Waals surface area (Å²) < 4.78 is 1.23. The minimum atomic E-state index is 0. The second-order valence-corrected chi connectivity index (χ2v) is 5.89. The van der Waals surface area contributed by atoms with Crippen molar-refractivity contribution in [2.75, 3.05) is 0 Å². The van der Waals surface area contributed by atoms with Crippen LogP contribution in [0.15, 0.2) is 9.88 Å². The maximum atomic E-state index is 5.21. The molecule has 0 saturated heterocycles. The van der Waals surface area contributed by atoms with Gasteiger partial charge in [-0.15, -0.1) is 0 Å². The zero-order valence-electron chi connectivity index (χ0n) is 8.01. The zero-order chi connectivity index (χ0) is 8.10. The average molecular weight is 241 g/mol. The molecule has 0 nitrogen and oxygen atoms in total. The van der Waals surface area contributed by atoms with Crippen molar-refractivity contribution >= 4 is 27.6 Å². The Hall–Kier alpha value is 1.08. The molecular weight excluding hydrogens is 226 g/mol. The molecule has 0 radical (unpaired) electrons. The van der Waals surface area contributed by atoms with Crippen LogP contribution in [-0.2, 0) is 12.6 Å². The zero-order valence-corrected chi connectivity index (χ0v) is 10.5. The van der Waals surface area contributed by atoms with Crippen molar-refractivity contribution in [3.05, 3.63) is 9.88 Å². The van der Waals surface area contributed by atoms with Crippen LogP contribution >= 0.6 is 0 Å². The second-order valence-electron chi connectivity index (χ2n) is 3.09. The molecule has 1 fully saturated rings. The molecule has 12 heavy (non-hydrogen) atoms. The molecule has 1 aliphatic carbocycles. The Bertz CT molecular complexity index is 141. The first-order chi connectivity index (χ1) is 5.33. The molecule has 1 aliphatic rings. The summed E-state index contributed by atoms with van der Waals surface area (Å²) in [6.07, 6.45) is 9.39. The third kappa shape index (κ3) is 4.95. The molecule has 0 aromatic rings. The molecule has 0 amide bonds. The topological polar surface area (TPSA) is 0 Å². The fourth-order valence-corrected chi connectivity index (χ4v) is 2.44. The molecule has 0 bridgehead atoms. The minimum absolute atomic E-state index is 0. The van der Waals surface area contributed by atoms with E-state index in [9.17, 15) is 0 Å². The van der Waals surface area contributed by atoms with Gasteiger partial charge in [0, 0.05) is 0 Å². The average Bonchev–Trinajstić information content (AvgIpc) is 2.06. The summed E-state index contributed by atoms with van der Waals surface area (Å²) in [4.78, 5) is 0. The summed E-state index contributed by atoms with van der Waals surface area (Å²) in [5.74, 6) is 3.03. The monoisotopic (exact) mass is 242 g/mol. The van der Waals surface area contributed by atoms with Gasteiger partial charge >= 0.3 is 100 Å². The van der Waals surface area contributed by atoms with E-state index in [1.54, 1.807) is 0 Å². The van der Waals surface area contributed by atoms with Crippen molar-refractivity contribution in [2.24, 2.45) is 5.92 Å². The summed E-state index contributed by atoms with van der Waals surface area (Å²) in [5.41, 5.74) is 0. The molecule has 0 aromatic heterocycles. The molecule has 0 spiro atoms. The fourth-order valence-electron chi connectivity index (χ4n) is 1.56. The van der Waals surface area contributed by atoms with Gasteiger partial charge in [-0.2, -0.15) is 0 Å². The standard InChI is InChI=1S/C9H16SSe.Li/c1-11-9(10)7-8-5-3-2-4-6-8;/h7-8,10H,2-6H2,1H3;/q;+1/p-1/b9-7-;. The Morgan fingerprint density at radius 3 is 2.42 bits per heavy atom. The molecule has 0 aromatic carbocycles. The van der Waals surface area contributed by atoms with Gasteiger partial charge in [-0.3, -0.25) is 0 Å². The summed E-state index contributed by atoms with van der Waals surface area (Å²) in [6, 6.07) is 0. The van der Waals surface area contributed by atoms with Crippen molar-refractivity contribution in [3.8, 4) is 0 Å². The van der Waals surface area contributed by atoms with Gasteiger partial charge in [0.1, 0.15) is 0 Å². The van der Waals surface area contributed by atoms with Crippen LogP contribution in [0.3, 0.4) is 0 Å². The summed E-state index contributed by atoms with van der Waals surface area (Å²) >= 11 is 5.77. The van der Waals surface area contributed by atoms with Crippen molar-refractivity contribution in [2.45, 2.75) is 37.9 Å². The normalized spacial score (nSPS) is 20.2. The Balaban J connectivity index is 0.00000121. The van der Waals surface area contributed by atoms with Crippen LogP contribution in [-0.4, -0.2) is 15.0 Å². The molecule has 1 rings (SSSR count). The SMILES string of the molecule is C[Se]/C([S-])=C\C1CCCCC1.[Li+]. The number of hydrogen-bond acceptors (Lipinski definition) is 1. The predicted octanol–water partition coefficient (Wildman–Crippen LogP) is -0.289. The van der Waals surface area contributed by atoms with Crippen molar-refractivity contribution < 1.29 is 18.9 Å². The van der Waals surface area contributed by atoms with E-state index >= 15 is 0 Å². The van der Waals surface area contributed by atoms with Crippen LogP contribution in [0.2, 0.25) is 5.82 Å². The van der Waals surface area contributed by atoms with Gasteiger partial charge in [0.25, 0.3) is 0 Å². The van der Waals surface area contributed by atoms with E-state index in [0.717, 1.165) is 5.92 Å². The number of allylic oxidation sites excluding steroid dienone is 1. The Morgan fingerprint density at radius 2 is 1.92 bits per heavy atom. The van der Waals surface area contributed by atoms with Gasteiger partial charge in [0.05, 0.1) is 0 Å². The number of rotatable bonds is 2. The van der Waals surface area contributed by atoms with Crippen molar-refractivity contribution in [1.82, 2.24) is 0 Å². The van der Waals surface area contributed by atoms with E-state index in [4.69, 9.17) is 12.6 Å².